The number of aryl methyl sites for hydroxylation is 4. The van der Waals surface area contributed by atoms with E-state index in [1.165, 1.54) is 22.9 Å². The van der Waals surface area contributed by atoms with Gasteiger partial charge in [-0.25, -0.2) is 9.97 Å². The van der Waals surface area contributed by atoms with Gasteiger partial charge in [-0.15, -0.1) is 0 Å². The number of carbonyl (C=O) groups is 1. The number of nitrogens with one attached hydrogen (secondary N) is 1. The summed E-state index contributed by atoms with van der Waals surface area (Å²) < 4.78 is 1.73. The predicted molar refractivity (Wildman–Crippen MR) is 115 cm³/mol. The van der Waals surface area contributed by atoms with Gasteiger partial charge >= 0.3 is 0 Å². The fourth-order valence-corrected chi connectivity index (χ4v) is 4.09. The van der Waals surface area contributed by atoms with Gasteiger partial charge in [-0.3, -0.25) is 9.48 Å². The van der Waals surface area contributed by atoms with Crippen LogP contribution in [-0.4, -0.2) is 25.7 Å². The molecule has 0 radical (unpaired) electrons. The van der Waals surface area contributed by atoms with Crippen LogP contribution < -0.4 is 5.32 Å². The van der Waals surface area contributed by atoms with Crippen LogP contribution in [0.4, 0.5) is 5.69 Å². The summed E-state index contributed by atoms with van der Waals surface area (Å²) in [6.45, 7) is 6.09. The average Bonchev–Trinajstić information content (AvgIpc) is 2.98. The first-order valence-corrected chi connectivity index (χ1v) is 10.0. The van der Waals surface area contributed by atoms with Gasteiger partial charge in [0, 0.05) is 23.5 Å². The van der Waals surface area contributed by atoms with Crippen LogP contribution in [0.25, 0.3) is 11.0 Å². The Morgan fingerprint density at radius 3 is 2.69 bits per heavy atom. The van der Waals surface area contributed by atoms with Gasteiger partial charge in [0.05, 0.1) is 23.1 Å². The van der Waals surface area contributed by atoms with E-state index in [4.69, 9.17) is 0 Å². The maximum absolute atomic E-state index is 13.0. The Labute approximate surface area is 173 Å². The van der Waals surface area contributed by atoms with E-state index < -0.39 is 0 Å². The van der Waals surface area contributed by atoms with Gasteiger partial charge in [-0.05, 0) is 62.2 Å². The number of carbonyl (C=O) groups excluding carboxylic acids is 1. The zero-order chi connectivity index (χ0) is 20.5. The third-order valence-electron chi connectivity index (χ3n) is 4.83. The average molecular weight is 404 g/mol. The second-order valence-electron chi connectivity index (χ2n) is 6.96. The Morgan fingerprint density at radius 1 is 1.07 bits per heavy atom. The van der Waals surface area contributed by atoms with Crippen LogP contribution in [0.15, 0.2) is 58.7 Å². The van der Waals surface area contributed by atoms with Crippen molar-refractivity contribution in [1.82, 2.24) is 19.7 Å². The van der Waals surface area contributed by atoms with E-state index in [0.717, 1.165) is 21.6 Å². The van der Waals surface area contributed by atoms with E-state index >= 15 is 0 Å². The number of fused-ring (bicyclic) bond motifs is 1. The molecule has 146 valence electrons. The minimum atomic E-state index is -0.216. The number of aromatic nitrogens is 4. The molecule has 1 amide bonds. The van der Waals surface area contributed by atoms with Gasteiger partial charge in [0.15, 0.2) is 5.65 Å². The summed E-state index contributed by atoms with van der Waals surface area (Å²) in [5.74, 6) is -0.216. The van der Waals surface area contributed by atoms with Crippen LogP contribution in [0.1, 0.15) is 27.2 Å². The molecule has 4 aromatic rings. The molecule has 6 nitrogen and oxygen atoms in total. The maximum atomic E-state index is 13.0. The molecule has 0 aliphatic heterocycles. The van der Waals surface area contributed by atoms with Crippen LogP contribution in [0.3, 0.4) is 0 Å². The van der Waals surface area contributed by atoms with Crippen LogP contribution >= 0.6 is 11.8 Å². The van der Waals surface area contributed by atoms with Gasteiger partial charge in [0.1, 0.15) is 5.03 Å². The van der Waals surface area contributed by atoms with E-state index in [2.05, 4.69) is 46.4 Å². The van der Waals surface area contributed by atoms with Crippen LogP contribution in [-0.2, 0) is 7.05 Å². The molecule has 29 heavy (non-hydrogen) atoms. The number of pyridine rings is 2. The van der Waals surface area contributed by atoms with Crippen molar-refractivity contribution in [3.8, 4) is 0 Å². The monoisotopic (exact) mass is 403 g/mol. The second kappa shape index (κ2) is 7.67. The van der Waals surface area contributed by atoms with Gasteiger partial charge < -0.3 is 5.32 Å². The smallest absolute Gasteiger partial charge is 0.258 e. The molecule has 0 unspecified atom stereocenters. The first kappa shape index (κ1) is 19.1. The highest BCUT2D eigenvalue weighted by Gasteiger charge is 2.15. The summed E-state index contributed by atoms with van der Waals surface area (Å²) in [5, 5.41) is 8.90. The van der Waals surface area contributed by atoms with Crippen LogP contribution in [0, 0.1) is 20.8 Å². The standard InChI is InChI=1S/C22H21N5OS/c1-13-7-8-17(10-14(13)2)29-22-18(6-5-9-23-22)21(28)25-16-11-19-15(3)26-27(4)20(19)24-12-16/h5-12H,1-4H3,(H,25,28). The molecule has 1 aromatic carbocycles. The second-order valence-corrected chi connectivity index (χ2v) is 8.02. The quantitative estimate of drug-likeness (QED) is 0.535. The molecule has 1 N–H and O–H groups in total. The summed E-state index contributed by atoms with van der Waals surface area (Å²) in [6.07, 6.45) is 3.35. The Morgan fingerprint density at radius 2 is 1.90 bits per heavy atom. The Kier molecular flexibility index (Phi) is 5.07. The first-order chi connectivity index (χ1) is 13.9. The Balaban J connectivity index is 1.61. The van der Waals surface area contributed by atoms with Crippen LogP contribution in [0.5, 0.6) is 0 Å². The lowest BCUT2D eigenvalue weighted by molar-refractivity contribution is 0.102. The fourth-order valence-electron chi connectivity index (χ4n) is 3.11. The molecule has 0 aliphatic carbocycles. The molecule has 0 atom stereocenters. The number of rotatable bonds is 4. The lowest BCUT2D eigenvalue weighted by Gasteiger charge is -2.10. The van der Waals surface area contributed by atoms with Crippen molar-refractivity contribution in [3.63, 3.8) is 0 Å². The zero-order valence-electron chi connectivity index (χ0n) is 16.7. The van der Waals surface area contributed by atoms with Crippen molar-refractivity contribution in [1.29, 1.82) is 0 Å². The maximum Gasteiger partial charge on any atom is 0.258 e. The number of hydrogen-bond acceptors (Lipinski definition) is 5. The van der Waals surface area contributed by atoms with Crippen molar-refractivity contribution >= 4 is 34.4 Å². The number of anilines is 1. The van der Waals surface area contributed by atoms with Crippen LogP contribution in [0.2, 0.25) is 0 Å². The molecule has 0 saturated carbocycles. The zero-order valence-corrected chi connectivity index (χ0v) is 17.5. The Bertz CT molecular complexity index is 1230. The van der Waals surface area contributed by atoms with Gasteiger partial charge in [0.2, 0.25) is 0 Å². The van der Waals surface area contributed by atoms with E-state index in [1.807, 2.05) is 26.1 Å². The number of amides is 1. The lowest BCUT2D eigenvalue weighted by atomic mass is 10.1. The number of hydrogen-bond donors (Lipinski definition) is 1. The molecular weight excluding hydrogens is 382 g/mol. The lowest BCUT2D eigenvalue weighted by Crippen LogP contribution is -2.13. The molecule has 0 aliphatic rings. The summed E-state index contributed by atoms with van der Waals surface area (Å²) in [4.78, 5) is 22.9. The topological polar surface area (TPSA) is 72.7 Å². The minimum absolute atomic E-state index is 0.216. The molecular formula is C22H21N5OS. The van der Waals surface area contributed by atoms with Crippen molar-refractivity contribution < 1.29 is 4.79 Å². The molecule has 0 spiro atoms. The highest BCUT2D eigenvalue weighted by atomic mass is 32.2. The van der Waals surface area contributed by atoms with E-state index in [1.54, 1.807) is 29.2 Å². The third-order valence-corrected chi connectivity index (χ3v) is 5.84. The highest BCUT2D eigenvalue weighted by molar-refractivity contribution is 7.99. The summed E-state index contributed by atoms with van der Waals surface area (Å²) in [7, 11) is 1.85. The van der Waals surface area contributed by atoms with Gasteiger partial charge in [0.25, 0.3) is 5.91 Å². The number of nitrogens with zero attached hydrogens (tertiary/aromatic N) is 4. The molecule has 4 rings (SSSR count). The Hall–Kier alpha value is -3.19. The first-order valence-electron chi connectivity index (χ1n) is 9.23. The third kappa shape index (κ3) is 3.86. The van der Waals surface area contributed by atoms with Crippen molar-refractivity contribution in [2.24, 2.45) is 7.05 Å². The van der Waals surface area contributed by atoms with Gasteiger partial charge in [-0.1, -0.05) is 17.8 Å². The largest absolute Gasteiger partial charge is 0.320 e. The van der Waals surface area contributed by atoms with E-state index in [-0.39, 0.29) is 5.91 Å². The van der Waals surface area contributed by atoms with Gasteiger partial charge in [-0.2, -0.15) is 5.10 Å². The summed E-state index contributed by atoms with van der Waals surface area (Å²) in [6, 6.07) is 11.7. The molecule has 3 aromatic heterocycles. The van der Waals surface area contributed by atoms with Crippen molar-refractivity contribution in [2.75, 3.05) is 5.32 Å². The van der Waals surface area contributed by atoms with Crippen molar-refractivity contribution in [2.45, 2.75) is 30.7 Å². The minimum Gasteiger partial charge on any atom is -0.320 e. The van der Waals surface area contributed by atoms with Crippen molar-refractivity contribution in [3.05, 3.63) is 71.2 Å². The normalized spacial score (nSPS) is 11.0. The molecule has 0 fully saturated rings. The number of benzene rings is 1. The SMILES string of the molecule is Cc1ccc(Sc2ncccc2C(=O)Nc2cnc3c(c2)c(C)nn3C)cc1C. The molecule has 7 heteroatoms. The summed E-state index contributed by atoms with van der Waals surface area (Å²) >= 11 is 1.48. The molecule has 3 heterocycles. The molecule has 0 saturated heterocycles. The molecule has 0 bridgehead atoms. The fraction of sp³-hybridized carbons (Fsp3) is 0.182. The van der Waals surface area contributed by atoms with E-state index in [0.29, 0.717) is 16.3 Å². The highest BCUT2D eigenvalue weighted by Crippen LogP contribution is 2.30. The predicted octanol–water partition coefficient (Wildman–Crippen LogP) is 4.69. The van der Waals surface area contributed by atoms with E-state index in [9.17, 15) is 4.79 Å². The summed E-state index contributed by atoms with van der Waals surface area (Å²) in [5.41, 5.74) is 5.26.